The number of methoxy groups -OCH3 is 1. The highest BCUT2D eigenvalue weighted by Crippen LogP contribution is 2.26. The van der Waals surface area contributed by atoms with Crippen LogP contribution in [0.5, 0.6) is 5.75 Å². The summed E-state index contributed by atoms with van der Waals surface area (Å²) in [5, 5.41) is 2.67. The number of anilines is 1. The van der Waals surface area contributed by atoms with Gasteiger partial charge in [-0.1, -0.05) is 0 Å². The lowest BCUT2D eigenvalue weighted by Crippen LogP contribution is -2.12. The van der Waals surface area contributed by atoms with Crippen molar-refractivity contribution in [1.29, 1.82) is 0 Å². The van der Waals surface area contributed by atoms with Crippen molar-refractivity contribution >= 4 is 22.9 Å². The van der Waals surface area contributed by atoms with E-state index in [0.717, 1.165) is 0 Å². The predicted molar refractivity (Wildman–Crippen MR) is 67.8 cm³/mol. The molecular formula is C12H11FN2O2S. The predicted octanol–water partition coefficient (Wildman–Crippen LogP) is 2.85. The Morgan fingerprint density at radius 1 is 1.50 bits per heavy atom. The molecule has 0 saturated carbocycles. The molecule has 0 radical (unpaired) electrons. The smallest absolute Gasteiger partial charge is 0.267 e. The van der Waals surface area contributed by atoms with Crippen LogP contribution in [-0.2, 0) is 0 Å². The molecule has 0 saturated heterocycles. The molecule has 4 nitrogen and oxygen atoms in total. The van der Waals surface area contributed by atoms with E-state index in [1.807, 2.05) is 0 Å². The van der Waals surface area contributed by atoms with Gasteiger partial charge in [0.05, 0.1) is 24.0 Å². The average Bonchev–Trinajstić information content (AvgIpc) is 2.77. The zero-order chi connectivity index (χ0) is 13.1. The third-order valence-corrected chi connectivity index (χ3v) is 3.29. The minimum absolute atomic E-state index is 0.278. The van der Waals surface area contributed by atoms with E-state index in [-0.39, 0.29) is 11.7 Å². The number of hydrogen-bond acceptors (Lipinski definition) is 4. The van der Waals surface area contributed by atoms with Crippen molar-refractivity contribution in [1.82, 2.24) is 4.98 Å². The molecule has 2 rings (SSSR count). The van der Waals surface area contributed by atoms with Crippen LogP contribution in [-0.4, -0.2) is 18.0 Å². The van der Waals surface area contributed by atoms with Crippen LogP contribution in [0.1, 0.15) is 15.4 Å². The Labute approximate surface area is 107 Å². The zero-order valence-corrected chi connectivity index (χ0v) is 10.7. The van der Waals surface area contributed by atoms with Crippen LogP contribution in [0.4, 0.5) is 10.1 Å². The maximum Gasteiger partial charge on any atom is 0.267 e. The van der Waals surface area contributed by atoms with Crippen LogP contribution in [0.25, 0.3) is 0 Å². The SMILES string of the molecule is COc1cc(F)ccc1NC(=O)c1scnc1C. The maximum absolute atomic E-state index is 13.0. The molecule has 2 aromatic rings. The molecule has 0 aliphatic heterocycles. The lowest BCUT2D eigenvalue weighted by atomic mass is 10.2. The second-order valence-electron chi connectivity index (χ2n) is 3.57. The summed E-state index contributed by atoms with van der Waals surface area (Å²) >= 11 is 1.26. The number of ether oxygens (including phenoxy) is 1. The maximum atomic E-state index is 13.0. The van der Waals surface area contributed by atoms with Gasteiger partial charge in [0.25, 0.3) is 5.91 Å². The molecule has 0 aliphatic carbocycles. The van der Waals surface area contributed by atoms with Gasteiger partial charge in [-0.25, -0.2) is 9.37 Å². The van der Waals surface area contributed by atoms with E-state index in [4.69, 9.17) is 4.74 Å². The van der Waals surface area contributed by atoms with Gasteiger partial charge in [-0.05, 0) is 19.1 Å². The summed E-state index contributed by atoms with van der Waals surface area (Å²) in [5.41, 5.74) is 2.70. The normalized spacial score (nSPS) is 10.2. The first kappa shape index (κ1) is 12.5. The molecule has 1 aromatic heterocycles. The van der Waals surface area contributed by atoms with E-state index >= 15 is 0 Å². The van der Waals surface area contributed by atoms with Crippen molar-refractivity contribution in [2.45, 2.75) is 6.92 Å². The molecule has 18 heavy (non-hydrogen) atoms. The Hall–Kier alpha value is -1.95. The van der Waals surface area contributed by atoms with Crippen LogP contribution in [0.2, 0.25) is 0 Å². The largest absolute Gasteiger partial charge is 0.494 e. The van der Waals surface area contributed by atoms with E-state index in [0.29, 0.717) is 16.3 Å². The summed E-state index contributed by atoms with van der Waals surface area (Å²) in [4.78, 5) is 16.5. The minimum Gasteiger partial charge on any atom is -0.494 e. The van der Waals surface area contributed by atoms with Crippen LogP contribution >= 0.6 is 11.3 Å². The van der Waals surface area contributed by atoms with Gasteiger partial charge in [-0.15, -0.1) is 11.3 Å². The number of amides is 1. The van der Waals surface area contributed by atoms with E-state index in [2.05, 4.69) is 10.3 Å². The number of thiazole rings is 1. The van der Waals surface area contributed by atoms with E-state index in [1.165, 1.54) is 36.6 Å². The Kier molecular flexibility index (Phi) is 3.57. The third kappa shape index (κ3) is 2.48. The molecule has 0 aliphatic rings. The van der Waals surface area contributed by atoms with Crippen LogP contribution in [0.3, 0.4) is 0 Å². The Bertz CT molecular complexity index is 583. The summed E-state index contributed by atoms with van der Waals surface area (Å²) in [6, 6.07) is 3.94. The van der Waals surface area contributed by atoms with Gasteiger partial charge in [-0.2, -0.15) is 0 Å². The van der Waals surface area contributed by atoms with Crippen molar-refractivity contribution in [3.05, 3.63) is 40.1 Å². The van der Waals surface area contributed by atoms with Gasteiger partial charge >= 0.3 is 0 Å². The number of rotatable bonds is 3. The molecule has 6 heteroatoms. The van der Waals surface area contributed by atoms with E-state index in [9.17, 15) is 9.18 Å². The van der Waals surface area contributed by atoms with Gasteiger partial charge in [0.2, 0.25) is 0 Å². The molecule has 1 heterocycles. The molecule has 0 bridgehead atoms. The Morgan fingerprint density at radius 2 is 2.28 bits per heavy atom. The first-order chi connectivity index (χ1) is 8.61. The highest BCUT2D eigenvalue weighted by Gasteiger charge is 2.14. The summed E-state index contributed by atoms with van der Waals surface area (Å²) in [7, 11) is 1.42. The zero-order valence-electron chi connectivity index (χ0n) is 9.86. The molecule has 1 amide bonds. The number of hydrogen-bond donors (Lipinski definition) is 1. The van der Waals surface area contributed by atoms with Gasteiger partial charge < -0.3 is 10.1 Å². The second kappa shape index (κ2) is 5.14. The molecule has 0 fully saturated rings. The molecule has 1 aromatic carbocycles. The number of aromatic nitrogens is 1. The fraction of sp³-hybridized carbons (Fsp3) is 0.167. The fourth-order valence-corrected chi connectivity index (χ4v) is 2.16. The van der Waals surface area contributed by atoms with Gasteiger partial charge in [-0.3, -0.25) is 4.79 Å². The fourth-order valence-electron chi connectivity index (χ4n) is 1.47. The lowest BCUT2D eigenvalue weighted by Gasteiger charge is -2.09. The number of aryl methyl sites for hydroxylation is 1. The first-order valence-electron chi connectivity index (χ1n) is 5.17. The third-order valence-electron chi connectivity index (χ3n) is 2.36. The van der Waals surface area contributed by atoms with Gasteiger partial charge in [0, 0.05) is 6.07 Å². The summed E-state index contributed by atoms with van der Waals surface area (Å²) in [5.74, 6) is -0.413. The molecule has 0 atom stereocenters. The monoisotopic (exact) mass is 266 g/mol. The van der Waals surface area contributed by atoms with Crippen molar-refractivity contribution in [3.63, 3.8) is 0 Å². The van der Waals surface area contributed by atoms with Crippen LogP contribution < -0.4 is 10.1 Å². The first-order valence-corrected chi connectivity index (χ1v) is 6.04. The topological polar surface area (TPSA) is 51.2 Å². The van der Waals surface area contributed by atoms with E-state index in [1.54, 1.807) is 12.4 Å². The number of halogens is 1. The van der Waals surface area contributed by atoms with Crippen molar-refractivity contribution < 1.29 is 13.9 Å². The van der Waals surface area contributed by atoms with Crippen molar-refractivity contribution in [2.24, 2.45) is 0 Å². The average molecular weight is 266 g/mol. The summed E-state index contributed by atoms with van der Waals surface area (Å²) in [6.45, 7) is 1.76. The number of carbonyl (C=O) groups is 1. The highest BCUT2D eigenvalue weighted by atomic mass is 32.1. The number of nitrogens with one attached hydrogen (secondary N) is 1. The molecule has 1 N–H and O–H groups in total. The Morgan fingerprint density at radius 3 is 2.89 bits per heavy atom. The van der Waals surface area contributed by atoms with Crippen LogP contribution in [0, 0.1) is 12.7 Å². The number of nitrogens with zero attached hydrogens (tertiary/aromatic N) is 1. The Balaban J connectivity index is 2.24. The molecule has 94 valence electrons. The standard InChI is InChI=1S/C12H11FN2O2S/c1-7-11(18-6-14-7)12(16)15-9-4-3-8(13)5-10(9)17-2/h3-6H,1-2H3,(H,15,16). The van der Waals surface area contributed by atoms with Gasteiger partial charge in [0.1, 0.15) is 16.4 Å². The highest BCUT2D eigenvalue weighted by molar-refractivity contribution is 7.12. The quantitative estimate of drug-likeness (QED) is 0.929. The molecular weight excluding hydrogens is 255 g/mol. The number of carbonyl (C=O) groups excluding carboxylic acids is 1. The van der Waals surface area contributed by atoms with Gasteiger partial charge in [0.15, 0.2) is 0 Å². The molecule has 0 unspecified atom stereocenters. The van der Waals surface area contributed by atoms with Crippen molar-refractivity contribution in [2.75, 3.05) is 12.4 Å². The summed E-state index contributed by atoms with van der Waals surface area (Å²) < 4.78 is 18.0. The van der Waals surface area contributed by atoms with Crippen molar-refractivity contribution in [3.8, 4) is 5.75 Å². The summed E-state index contributed by atoms with van der Waals surface area (Å²) in [6.07, 6.45) is 0. The van der Waals surface area contributed by atoms with E-state index < -0.39 is 5.82 Å². The molecule has 0 spiro atoms. The minimum atomic E-state index is -0.418. The van der Waals surface area contributed by atoms with Crippen LogP contribution in [0.15, 0.2) is 23.7 Å². The number of benzene rings is 1. The lowest BCUT2D eigenvalue weighted by molar-refractivity contribution is 0.102. The second-order valence-corrected chi connectivity index (χ2v) is 4.42.